The van der Waals surface area contributed by atoms with Gasteiger partial charge < -0.3 is 15.0 Å². The maximum atomic E-state index is 10.5. The van der Waals surface area contributed by atoms with Gasteiger partial charge in [-0.15, -0.1) is 0 Å². The van der Waals surface area contributed by atoms with Gasteiger partial charge in [0, 0.05) is 17.7 Å². The maximum absolute atomic E-state index is 10.5. The zero-order chi connectivity index (χ0) is 8.43. The van der Waals surface area contributed by atoms with E-state index in [0.29, 0.717) is 0 Å². The number of aromatic hydroxyl groups is 1. The van der Waals surface area contributed by atoms with E-state index in [1.807, 2.05) is 4.98 Å². The van der Waals surface area contributed by atoms with Crippen molar-refractivity contribution in [2.45, 2.75) is 0 Å². The summed E-state index contributed by atoms with van der Waals surface area (Å²) in [5, 5.41) is 18.8. The highest BCUT2D eigenvalue weighted by atomic mass is 16.4. The van der Waals surface area contributed by atoms with Gasteiger partial charge in [-0.1, -0.05) is 0 Å². The Labute approximate surface area is 60.9 Å². The lowest BCUT2D eigenvalue weighted by Crippen LogP contribution is -2.24. The van der Waals surface area contributed by atoms with Crippen LogP contribution in [0, 0.1) is 0 Å². The fourth-order valence-electron chi connectivity index (χ4n) is 0.646. The maximum Gasteiger partial charge on any atom is 0.251 e. The van der Waals surface area contributed by atoms with Crippen LogP contribution in [0.1, 0.15) is 10.4 Å². The average Bonchev–Trinajstić information content (AvgIpc) is 1.85. The fourth-order valence-corrected chi connectivity index (χ4v) is 0.646. The Balaban J connectivity index is 3.30. The first-order valence-corrected chi connectivity index (χ1v) is 2.74. The Morgan fingerprint density at radius 3 is 2.64 bits per heavy atom. The lowest BCUT2D eigenvalue weighted by atomic mass is 10.3. The van der Waals surface area contributed by atoms with Crippen LogP contribution < -0.4 is 10.7 Å². The van der Waals surface area contributed by atoms with Crippen molar-refractivity contribution in [1.82, 2.24) is 4.98 Å². The summed E-state index contributed by atoms with van der Waals surface area (Å²) in [6.07, 6.45) is 0. The Hall–Kier alpha value is -1.78. The van der Waals surface area contributed by atoms with Gasteiger partial charge in [0.25, 0.3) is 5.56 Å². The molecule has 0 amide bonds. The van der Waals surface area contributed by atoms with Crippen molar-refractivity contribution in [3.63, 3.8) is 0 Å². The summed E-state index contributed by atoms with van der Waals surface area (Å²) in [7, 11) is 0. The van der Waals surface area contributed by atoms with Crippen molar-refractivity contribution < 1.29 is 15.0 Å². The van der Waals surface area contributed by atoms with E-state index in [1.54, 1.807) is 0 Å². The molecule has 58 valence electrons. The standard InChI is InChI=1S/C6H5NO4/c8-4-1-3(6(10)11)2-5(9)7-4/h1-2H,(H,10,11)(H2,7,8,9)/p-1. The van der Waals surface area contributed by atoms with Crippen LogP contribution >= 0.6 is 0 Å². The van der Waals surface area contributed by atoms with Gasteiger partial charge in [0.2, 0.25) is 0 Å². The van der Waals surface area contributed by atoms with Crippen LogP contribution in [0.25, 0.3) is 0 Å². The van der Waals surface area contributed by atoms with E-state index in [4.69, 9.17) is 5.11 Å². The first-order valence-electron chi connectivity index (χ1n) is 2.74. The molecule has 5 nitrogen and oxygen atoms in total. The second-order valence-corrected chi connectivity index (χ2v) is 1.91. The largest absolute Gasteiger partial charge is 0.545 e. The quantitative estimate of drug-likeness (QED) is 0.511. The SMILES string of the molecule is O=C([O-])c1cc(O)[nH]c(=O)c1. The van der Waals surface area contributed by atoms with Gasteiger partial charge in [0.1, 0.15) is 0 Å². The normalized spacial score (nSPS) is 9.45. The molecule has 0 aromatic carbocycles. The molecular formula is C6H4NO4-. The van der Waals surface area contributed by atoms with Gasteiger partial charge in [-0.05, 0) is 0 Å². The zero-order valence-electron chi connectivity index (χ0n) is 5.33. The fraction of sp³-hybridized carbons (Fsp3) is 0. The van der Waals surface area contributed by atoms with Gasteiger partial charge in [-0.25, -0.2) is 0 Å². The number of hydrogen-bond acceptors (Lipinski definition) is 4. The molecule has 1 heterocycles. The Morgan fingerprint density at radius 2 is 2.18 bits per heavy atom. The molecule has 2 N–H and O–H groups in total. The Morgan fingerprint density at radius 1 is 1.55 bits per heavy atom. The monoisotopic (exact) mass is 154 g/mol. The van der Waals surface area contributed by atoms with Crippen molar-refractivity contribution in [1.29, 1.82) is 0 Å². The predicted octanol–water partition coefficient (Wildman–Crippen LogP) is -1.56. The molecule has 1 aromatic heterocycles. The molecule has 0 atom stereocenters. The van der Waals surface area contributed by atoms with Crippen LogP contribution in [-0.2, 0) is 0 Å². The van der Waals surface area contributed by atoms with Crippen LogP contribution in [0.15, 0.2) is 16.9 Å². The van der Waals surface area contributed by atoms with Gasteiger partial charge in [-0.3, -0.25) is 9.78 Å². The van der Waals surface area contributed by atoms with Crippen LogP contribution in [0.5, 0.6) is 5.88 Å². The third-order valence-corrected chi connectivity index (χ3v) is 1.07. The molecule has 0 unspecified atom stereocenters. The molecule has 0 spiro atoms. The summed E-state index contributed by atoms with van der Waals surface area (Å²) >= 11 is 0. The molecule has 1 aromatic rings. The van der Waals surface area contributed by atoms with Crippen LogP contribution in [0.3, 0.4) is 0 Å². The van der Waals surface area contributed by atoms with Crippen molar-refractivity contribution in [3.05, 3.63) is 28.0 Å². The number of aromatic amines is 1. The number of carbonyl (C=O) groups excluding carboxylic acids is 1. The van der Waals surface area contributed by atoms with Gasteiger partial charge in [0.15, 0.2) is 5.88 Å². The van der Waals surface area contributed by atoms with Crippen LogP contribution in [-0.4, -0.2) is 16.1 Å². The van der Waals surface area contributed by atoms with Crippen molar-refractivity contribution in [2.75, 3.05) is 0 Å². The first kappa shape index (κ1) is 7.33. The average molecular weight is 154 g/mol. The minimum absolute atomic E-state index is 0.341. The minimum atomic E-state index is -1.49. The number of carbonyl (C=O) groups is 1. The molecular weight excluding hydrogens is 150 g/mol. The summed E-state index contributed by atoms with van der Waals surface area (Å²) in [4.78, 5) is 22.6. The third kappa shape index (κ3) is 1.57. The molecule has 1 rings (SSSR count). The number of aromatic nitrogens is 1. The van der Waals surface area contributed by atoms with Crippen LogP contribution in [0.4, 0.5) is 0 Å². The molecule has 0 saturated carbocycles. The number of hydrogen-bond donors (Lipinski definition) is 2. The molecule has 11 heavy (non-hydrogen) atoms. The number of H-pyrrole nitrogens is 1. The van der Waals surface area contributed by atoms with E-state index in [-0.39, 0.29) is 5.56 Å². The highest BCUT2D eigenvalue weighted by Crippen LogP contribution is 2.01. The molecule has 0 aliphatic heterocycles. The summed E-state index contributed by atoms with van der Waals surface area (Å²) in [6, 6.07) is 1.73. The second-order valence-electron chi connectivity index (χ2n) is 1.91. The van der Waals surface area contributed by atoms with E-state index >= 15 is 0 Å². The number of carboxylic acid groups (broad SMARTS) is 1. The minimum Gasteiger partial charge on any atom is -0.545 e. The number of rotatable bonds is 1. The lowest BCUT2D eigenvalue weighted by molar-refractivity contribution is -0.255. The molecule has 5 heteroatoms. The number of nitrogens with one attached hydrogen (secondary N) is 1. The molecule has 0 aliphatic rings. The van der Waals surface area contributed by atoms with E-state index in [9.17, 15) is 14.7 Å². The van der Waals surface area contributed by atoms with E-state index in [1.165, 1.54) is 0 Å². The zero-order valence-corrected chi connectivity index (χ0v) is 5.33. The topological polar surface area (TPSA) is 93.2 Å². The summed E-state index contributed by atoms with van der Waals surface area (Å²) in [5.74, 6) is -1.98. The molecule has 0 radical (unpaired) electrons. The number of aromatic carboxylic acids is 1. The van der Waals surface area contributed by atoms with E-state index < -0.39 is 17.4 Å². The summed E-state index contributed by atoms with van der Waals surface area (Å²) in [5.41, 5.74) is -1.02. The van der Waals surface area contributed by atoms with Gasteiger partial charge >= 0.3 is 0 Å². The Bertz CT molecular complexity index is 341. The highest BCUT2D eigenvalue weighted by Gasteiger charge is 1.96. The molecule has 0 saturated heterocycles. The van der Waals surface area contributed by atoms with E-state index in [0.717, 1.165) is 12.1 Å². The third-order valence-electron chi connectivity index (χ3n) is 1.07. The van der Waals surface area contributed by atoms with Crippen LogP contribution in [0.2, 0.25) is 0 Å². The molecule has 0 bridgehead atoms. The predicted molar refractivity (Wildman–Crippen MR) is 33.1 cm³/mol. The van der Waals surface area contributed by atoms with Gasteiger partial charge in [-0.2, -0.15) is 0 Å². The van der Waals surface area contributed by atoms with Crippen molar-refractivity contribution >= 4 is 5.97 Å². The number of pyridine rings is 1. The lowest BCUT2D eigenvalue weighted by Gasteiger charge is -2.00. The second kappa shape index (κ2) is 2.45. The van der Waals surface area contributed by atoms with Gasteiger partial charge in [0.05, 0.1) is 5.97 Å². The van der Waals surface area contributed by atoms with Crippen molar-refractivity contribution in [3.8, 4) is 5.88 Å². The summed E-state index contributed by atoms with van der Waals surface area (Å²) in [6.45, 7) is 0. The first-order chi connectivity index (χ1) is 5.09. The molecule has 0 fully saturated rings. The van der Waals surface area contributed by atoms with E-state index in [2.05, 4.69) is 0 Å². The Kier molecular flexibility index (Phi) is 1.63. The molecule has 0 aliphatic carbocycles. The smallest absolute Gasteiger partial charge is 0.251 e. The van der Waals surface area contributed by atoms with Crippen molar-refractivity contribution in [2.24, 2.45) is 0 Å². The summed E-state index contributed by atoms with van der Waals surface area (Å²) < 4.78 is 0. The number of carboxylic acids is 1. The highest BCUT2D eigenvalue weighted by molar-refractivity contribution is 5.85.